The van der Waals surface area contributed by atoms with Gasteiger partial charge in [-0.05, 0) is 52.9 Å². The SMILES string of the molecule is Cc1cscc1CNc1cc2c(cc1N)NC(=O)CC2. The molecule has 0 saturated carbocycles. The van der Waals surface area contributed by atoms with Crippen LogP contribution >= 0.6 is 11.3 Å². The minimum atomic E-state index is 0.0616. The summed E-state index contributed by atoms with van der Waals surface area (Å²) in [5, 5.41) is 10.5. The second kappa shape index (κ2) is 5.17. The Kier molecular flexibility index (Phi) is 3.36. The van der Waals surface area contributed by atoms with Gasteiger partial charge in [0.25, 0.3) is 0 Å². The van der Waals surface area contributed by atoms with E-state index in [1.165, 1.54) is 11.1 Å². The van der Waals surface area contributed by atoms with Crippen molar-refractivity contribution in [1.82, 2.24) is 0 Å². The van der Waals surface area contributed by atoms with Crippen molar-refractivity contribution < 1.29 is 4.79 Å². The number of hydrogen-bond acceptors (Lipinski definition) is 4. The highest BCUT2D eigenvalue weighted by Crippen LogP contribution is 2.31. The molecule has 0 fully saturated rings. The first-order chi connectivity index (χ1) is 9.63. The Balaban J connectivity index is 1.80. The third-order valence-corrected chi connectivity index (χ3v) is 4.51. The van der Waals surface area contributed by atoms with Gasteiger partial charge in [-0.2, -0.15) is 11.3 Å². The Morgan fingerprint density at radius 2 is 2.20 bits per heavy atom. The van der Waals surface area contributed by atoms with Crippen LogP contribution in [0.1, 0.15) is 23.1 Å². The Bertz CT molecular complexity index is 663. The number of amides is 1. The van der Waals surface area contributed by atoms with Gasteiger partial charge in [-0.25, -0.2) is 0 Å². The molecule has 4 N–H and O–H groups in total. The van der Waals surface area contributed by atoms with Crippen LogP contribution in [0.2, 0.25) is 0 Å². The number of rotatable bonds is 3. The van der Waals surface area contributed by atoms with Crippen LogP contribution in [0, 0.1) is 6.92 Å². The number of hydrogen-bond donors (Lipinski definition) is 3. The summed E-state index contributed by atoms with van der Waals surface area (Å²) in [5.74, 6) is 0.0616. The van der Waals surface area contributed by atoms with Crippen molar-refractivity contribution >= 4 is 34.3 Å². The summed E-state index contributed by atoms with van der Waals surface area (Å²) in [5.41, 5.74) is 12.2. The molecule has 0 atom stereocenters. The largest absolute Gasteiger partial charge is 0.397 e. The van der Waals surface area contributed by atoms with Crippen molar-refractivity contribution in [3.05, 3.63) is 39.6 Å². The van der Waals surface area contributed by atoms with E-state index in [0.717, 1.165) is 29.9 Å². The van der Waals surface area contributed by atoms with Crippen molar-refractivity contribution in [3.63, 3.8) is 0 Å². The van der Waals surface area contributed by atoms with Gasteiger partial charge < -0.3 is 16.4 Å². The number of nitrogens with one attached hydrogen (secondary N) is 2. The molecule has 0 bridgehead atoms. The molecule has 1 aliphatic heterocycles. The lowest BCUT2D eigenvalue weighted by molar-refractivity contribution is -0.116. The third-order valence-electron chi connectivity index (χ3n) is 3.60. The molecule has 0 aliphatic carbocycles. The number of benzene rings is 1. The van der Waals surface area contributed by atoms with E-state index in [2.05, 4.69) is 28.3 Å². The maximum Gasteiger partial charge on any atom is 0.224 e. The number of carbonyl (C=O) groups is 1. The van der Waals surface area contributed by atoms with E-state index in [1.807, 2.05) is 12.1 Å². The van der Waals surface area contributed by atoms with Crippen LogP contribution in [0.5, 0.6) is 0 Å². The van der Waals surface area contributed by atoms with Gasteiger partial charge in [-0.15, -0.1) is 0 Å². The highest BCUT2D eigenvalue weighted by atomic mass is 32.1. The Labute approximate surface area is 122 Å². The molecule has 3 rings (SSSR count). The number of carbonyl (C=O) groups excluding carboxylic acids is 1. The molecule has 0 saturated heterocycles. The number of aryl methyl sites for hydroxylation is 2. The number of thiophene rings is 1. The standard InChI is InChI=1S/C15H17N3OS/c1-9-7-20-8-11(9)6-17-14-4-10-2-3-15(19)18-13(10)5-12(14)16/h4-5,7-8,17H,2-3,6,16H2,1H3,(H,18,19). The first-order valence-corrected chi connectivity index (χ1v) is 7.55. The fraction of sp³-hybridized carbons (Fsp3) is 0.267. The lowest BCUT2D eigenvalue weighted by Crippen LogP contribution is -2.19. The van der Waals surface area contributed by atoms with Crippen molar-refractivity contribution in [3.8, 4) is 0 Å². The van der Waals surface area contributed by atoms with Crippen LogP contribution in [-0.4, -0.2) is 5.91 Å². The fourth-order valence-electron chi connectivity index (χ4n) is 2.36. The molecule has 0 radical (unpaired) electrons. The molecule has 1 aromatic heterocycles. The van der Waals surface area contributed by atoms with Crippen molar-refractivity contribution in [2.45, 2.75) is 26.3 Å². The topological polar surface area (TPSA) is 67.2 Å². The first-order valence-electron chi connectivity index (χ1n) is 6.61. The summed E-state index contributed by atoms with van der Waals surface area (Å²) in [7, 11) is 0. The van der Waals surface area contributed by atoms with E-state index in [1.54, 1.807) is 11.3 Å². The van der Waals surface area contributed by atoms with Crippen LogP contribution in [0.25, 0.3) is 0 Å². The quantitative estimate of drug-likeness (QED) is 0.760. The summed E-state index contributed by atoms with van der Waals surface area (Å²) in [4.78, 5) is 11.4. The van der Waals surface area contributed by atoms with Gasteiger partial charge >= 0.3 is 0 Å². The van der Waals surface area contributed by atoms with E-state index < -0.39 is 0 Å². The molecule has 2 heterocycles. The maximum atomic E-state index is 11.4. The highest BCUT2D eigenvalue weighted by Gasteiger charge is 2.16. The van der Waals surface area contributed by atoms with Gasteiger partial charge in [0.05, 0.1) is 11.4 Å². The summed E-state index contributed by atoms with van der Waals surface area (Å²) in [6.07, 6.45) is 1.31. The van der Waals surface area contributed by atoms with Gasteiger partial charge in [0.1, 0.15) is 0 Å². The molecule has 4 nitrogen and oxygen atoms in total. The Morgan fingerprint density at radius 3 is 2.95 bits per heavy atom. The summed E-state index contributed by atoms with van der Waals surface area (Å²) >= 11 is 1.71. The second-order valence-electron chi connectivity index (χ2n) is 5.08. The van der Waals surface area contributed by atoms with Gasteiger partial charge in [-0.1, -0.05) is 0 Å². The van der Waals surface area contributed by atoms with E-state index >= 15 is 0 Å². The van der Waals surface area contributed by atoms with E-state index in [0.29, 0.717) is 12.1 Å². The smallest absolute Gasteiger partial charge is 0.224 e. The van der Waals surface area contributed by atoms with Gasteiger partial charge in [0.15, 0.2) is 0 Å². The van der Waals surface area contributed by atoms with Gasteiger partial charge in [0.2, 0.25) is 5.91 Å². The predicted molar refractivity (Wildman–Crippen MR) is 84.2 cm³/mol. The average Bonchev–Trinajstić information content (AvgIpc) is 2.82. The zero-order valence-electron chi connectivity index (χ0n) is 11.3. The highest BCUT2D eigenvalue weighted by molar-refractivity contribution is 7.08. The minimum absolute atomic E-state index is 0.0616. The van der Waals surface area contributed by atoms with E-state index in [9.17, 15) is 4.79 Å². The molecule has 5 heteroatoms. The Hall–Kier alpha value is -2.01. The summed E-state index contributed by atoms with van der Waals surface area (Å²) in [6.45, 7) is 2.88. The fourth-order valence-corrected chi connectivity index (χ4v) is 3.21. The van der Waals surface area contributed by atoms with Crippen molar-refractivity contribution in [2.75, 3.05) is 16.4 Å². The van der Waals surface area contributed by atoms with Crippen molar-refractivity contribution in [1.29, 1.82) is 0 Å². The van der Waals surface area contributed by atoms with Gasteiger partial charge in [0, 0.05) is 18.7 Å². The van der Waals surface area contributed by atoms with E-state index in [4.69, 9.17) is 5.73 Å². The summed E-state index contributed by atoms with van der Waals surface area (Å²) in [6, 6.07) is 3.89. The van der Waals surface area contributed by atoms with Crippen LogP contribution < -0.4 is 16.4 Å². The molecule has 1 aromatic carbocycles. The lowest BCUT2D eigenvalue weighted by Gasteiger charge is -2.19. The molecule has 20 heavy (non-hydrogen) atoms. The minimum Gasteiger partial charge on any atom is -0.397 e. The number of nitrogen functional groups attached to an aromatic ring is 1. The van der Waals surface area contributed by atoms with Crippen LogP contribution in [0.3, 0.4) is 0 Å². The molecule has 1 aliphatic rings. The summed E-state index contributed by atoms with van der Waals surface area (Å²) < 4.78 is 0. The van der Waals surface area contributed by atoms with Crippen molar-refractivity contribution in [2.24, 2.45) is 0 Å². The van der Waals surface area contributed by atoms with Gasteiger partial charge in [-0.3, -0.25) is 4.79 Å². The number of fused-ring (bicyclic) bond motifs is 1. The molecule has 0 unspecified atom stereocenters. The molecule has 104 valence electrons. The predicted octanol–water partition coefficient (Wildman–Crippen LogP) is 3.14. The zero-order valence-corrected chi connectivity index (χ0v) is 12.1. The molecular formula is C15H17N3OS. The molecule has 1 amide bonds. The molecule has 0 spiro atoms. The number of nitrogens with two attached hydrogens (primary N) is 1. The average molecular weight is 287 g/mol. The maximum absolute atomic E-state index is 11.4. The molecular weight excluding hydrogens is 270 g/mol. The number of anilines is 3. The third kappa shape index (κ3) is 2.49. The van der Waals surface area contributed by atoms with Crippen LogP contribution in [0.15, 0.2) is 22.9 Å². The molecule has 2 aromatic rings. The van der Waals surface area contributed by atoms with E-state index in [-0.39, 0.29) is 5.91 Å². The van der Waals surface area contributed by atoms with Crippen LogP contribution in [0.4, 0.5) is 17.1 Å². The second-order valence-corrected chi connectivity index (χ2v) is 5.82. The van der Waals surface area contributed by atoms with Crippen LogP contribution in [-0.2, 0) is 17.8 Å². The normalized spacial score (nSPS) is 13.8. The monoisotopic (exact) mass is 287 g/mol. The zero-order chi connectivity index (χ0) is 14.1. The lowest BCUT2D eigenvalue weighted by atomic mass is 10.0. The first kappa shape index (κ1) is 13.0. The Morgan fingerprint density at radius 1 is 1.35 bits per heavy atom.